The van der Waals surface area contributed by atoms with E-state index in [0.717, 1.165) is 5.56 Å². The van der Waals surface area contributed by atoms with E-state index in [9.17, 15) is 9.59 Å². The highest BCUT2D eigenvalue weighted by atomic mass is 16.6. The molecule has 0 saturated heterocycles. The van der Waals surface area contributed by atoms with Crippen LogP contribution in [0.2, 0.25) is 0 Å². The molecule has 2 aromatic rings. The fourth-order valence-electron chi connectivity index (χ4n) is 2.54. The Hall–Kier alpha value is -2.63. The van der Waals surface area contributed by atoms with E-state index >= 15 is 0 Å². The van der Waals surface area contributed by atoms with Crippen LogP contribution in [0.15, 0.2) is 40.9 Å². The summed E-state index contributed by atoms with van der Waals surface area (Å²) in [7, 11) is 1.74. The number of oxazole rings is 1. The monoisotopic (exact) mass is 372 g/mol. The van der Waals surface area contributed by atoms with Crippen molar-refractivity contribution in [1.82, 2.24) is 9.88 Å². The molecule has 0 spiro atoms. The molecule has 0 bridgehead atoms. The molecule has 0 saturated carbocycles. The van der Waals surface area contributed by atoms with Crippen LogP contribution in [0, 0.1) is 0 Å². The zero-order valence-electron chi connectivity index (χ0n) is 16.5. The summed E-state index contributed by atoms with van der Waals surface area (Å²) in [5.41, 5.74) is 0.481. The second kappa shape index (κ2) is 9.35. The zero-order valence-corrected chi connectivity index (χ0v) is 16.5. The van der Waals surface area contributed by atoms with Gasteiger partial charge in [0.05, 0.1) is 6.20 Å². The van der Waals surface area contributed by atoms with E-state index in [4.69, 9.17) is 9.15 Å². The van der Waals surface area contributed by atoms with Gasteiger partial charge in [0.25, 0.3) is 0 Å². The van der Waals surface area contributed by atoms with Gasteiger partial charge >= 0.3 is 5.97 Å². The van der Waals surface area contributed by atoms with Crippen LogP contribution < -0.4 is 0 Å². The summed E-state index contributed by atoms with van der Waals surface area (Å²) in [4.78, 5) is 29.8. The van der Waals surface area contributed by atoms with Crippen LogP contribution in [0.3, 0.4) is 0 Å². The Labute approximate surface area is 160 Å². The molecule has 1 aromatic carbocycles. The minimum absolute atomic E-state index is 0.00125. The quantitative estimate of drug-likeness (QED) is 0.658. The van der Waals surface area contributed by atoms with E-state index < -0.39 is 5.60 Å². The number of aromatic nitrogens is 1. The Bertz CT molecular complexity index is 747. The summed E-state index contributed by atoms with van der Waals surface area (Å²) >= 11 is 0. The van der Waals surface area contributed by atoms with Crippen LogP contribution in [0.5, 0.6) is 0 Å². The molecular weight excluding hydrogens is 344 g/mol. The molecule has 2 rings (SSSR count). The molecule has 0 radical (unpaired) electrons. The molecule has 0 aliphatic carbocycles. The highest BCUT2D eigenvalue weighted by Gasteiger charge is 2.17. The van der Waals surface area contributed by atoms with Gasteiger partial charge < -0.3 is 14.1 Å². The van der Waals surface area contributed by atoms with Crippen LogP contribution in [0.25, 0.3) is 11.3 Å². The number of carbonyl (C=O) groups excluding carboxylic acids is 2. The number of hydrogen-bond acceptors (Lipinski definition) is 5. The summed E-state index contributed by atoms with van der Waals surface area (Å²) in [6.45, 7) is 6.03. The molecule has 0 unspecified atom stereocenters. The van der Waals surface area contributed by atoms with Gasteiger partial charge in [-0.05, 0) is 27.2 Å². The van der Waals surface area contributed by atoms with Gasteiger partial charge in [-0.2, -0.15) is 0 Å². The molecule has 6 nitrogen and oxygen atoms in total. The van der Waals surface area contributed by atoms with E-state index in [-0.39, 0.29) is 11.9 Å². The fourth-order valence-corrected chi connectivity index (χ4v) is 2.54. The van der Waals surface area contributed by atoms with Gasteiger partial charge in [-0.3, -0.25) is 9.59 Å². The Morgan fingerprint density at radius 1 is 1.15 bits per heavy atom. The highest BCUT2D eigenvalue weighted by molar-refractivity contribution is 5.76. The lowest BCUT2D eigenvalue weighted by Gasteiger charge is -2.20. The minimum Gasteiger partial charge on any atom is -0.460 e. The molecule has 27 heavy (non-hydrogen) atoms. The minimum atomic E-state index is -0.479. The van der Waals surface area contributed by atoms with Gasteiger partial charge in [0.15, 0.2) is 11.7 Å². The summed E-state index contributed by atoms with van der Waals surface area (Å²) in [6.07, 6.45) is 3.32. The van der Waals surface area contributed by atoms with Crippen molar-refractivity contribution in [3.05, 3.63) is 42.4 Å². The van der Waals surface area contributed by atoms with Crippen molar-refractivity contribution in [2.75, 3.05) is 13.6 Å². The van der Waals surface area contributed by atoms with E-state index in [1.807, 2.05) is 51.1 Å². The first-order valence-electron chi connectivity index (χ1n) is 9.20. The summed E-state index contributed by atoms with van der Waals surface area (Å²) in [5, 5.41) is 0. The number of nitrogens with zero attached hydrogens (tertiary/aromatic N) is 2. The highest BCUT2D eigenvalue weighted by Crippen LogP contribution is 2.20. The van der Waals surface area contributed by atoms with Crippen molar-refractivity contribution in [1.29, 1.82) is 0 Å². The lowest BCUT2D eigenvalue weighted by Crippen LogP contribution is -2.29. The van der Waals surface area contributed by atoms with Gasteiger partial charge in [-0.15, -0.1) is 0 Å². The number of amides is 1. The average Bonchev–Trinajstić information content (AvgIpc) is 3.07. The van der Waals surface area contributed by atoms with E-state index in [1.54, 1.807) is 18.1 Å². The average molecular weight is 372 g/mol. The lowest BCUT2D eigenvalue weighted by atomic mass is 10.2. The molecule has 1 heterocycles. The number of benzene rings is 1. The van der Waals surface area contributed by atoms with Crippen LogP contribution in [0.1, 0.15) is 45.9 Å². The molecule has 0 aliphatic rings. The Balaban J connectivity index is 1.72. The Kier molecular flexibility index (Phi) is 7.16. The fraction of sp³-hybridized carbons (Fsp3) is 0.476. The SMILES string of the molecule is CN(CCCC(=O)OC(C)(C)C)C(=O)CCc1ncc(-c2ccccc2)o1. The largest absolute Gasteiger partial charge is 0.460 e. The number of esters is 1. The third-order valence-corrected chi connectivity index (χ3v) is 3.88. The lowest BCUT2D eigenvalue weighted by molar-refractivity contribution is -0.155. The molecule has 1 amide bonds. The maximum absolute atomic E-state index is 12.2. The summed E-state index contributed by atoms with van der Waals surface area (Å²) < 4.78 is 11.0. The zero-order chi connectivity index (χ0) is 19.9. The predicted octanol–water partition coefficient (Wildman–Crippen LogP) is 3.85. The molecule has 146 valence electrons. The molecule has 0 N–H and O–H groups in total. The first kappa shape index (κ1) is 20.7. The van der Waals surface area contributed by atoms with Crippen molar-refractivity contribution in [3.63, 3.8) is 0 Å². The molecule has 0 fully saturated rings. The second-order valence-corrected chi connectivity index (χ2v) is 7.49. The molecule has 0 atom stereocenters. The van der Waals surface area contributed by atoms with Crippen molar-refractivity contribution >= 4 is 11.9 Å². The van der Waals surface area contributed by atoms with E-state index in [2.05, 4.69) is 4.98 Å². The Morgan fingerprint density at radius 3 is 2.52 bits per heavy atom. The summed E-state index contributed by atoms with van der Waals surface area (Å²) in [5.74, 6) is 1.00. The van der Waals surface area contributed by atoms with Crippen LogP contribution in [-0.2, 0) is 20.7 Å². The topological polar surface area (TPSA) is 72.6 Å². The van der Waals surface area contributed by atoms with E-state index in [1.165, 1.54) is 0 Å². The maximum Gasteiger partial charge on any atom is 0.306 e. The molecule has 6 heteroatoms. The van der Waals surface area contributed by atoms with Gasteiger partial charge in [0.1, 0.15) is 5.60 Å². The normalized spacial score (nSPS) is 11.3. The van der Waals surface area contributed by atoms with Crippen LogP contribution in [0.4, 0.5) is 0 Å². The second-order valence-electron chi connectivity index (χ2n) is 7.49. The van der Waals surface area contributed by atoms with Gasteiger partial charge in [0.2, 0.25) is 5.91 Å². The van der Waals surface area contributed by atoms with Crippen molar-refractivity contribution in [2.24, 2.45) is 0 Å². The Morgan fingerprint density at radius 2 is 1.85 bits per heavy atom. The number of ether oxygens (including phenoxy) is 1. The van der Waals surface area contributed by atoms with Crippen LogP contribution in [-0.4, -0.2) is 41.0 Å². The first-order chi connectivity index (χ1) is 12.7. The smallest absolute Gasteiger partial charge is 0.306 e. The third-order valence-electron chi connectivity index (χ3n) is 3.88. The number of carbonyl (C=O) groups is 2. The molecular formula is C21H28N2O4. The first-order valence-corrected chi connectivity index (χ1v) is 9.20. The predicted molar refractivity (Wildman–Crippen MR) is 103 cm³/mol. The van der Waals surface area contributed by atoms with Crippen molar-refractivity contribution < 1.29 is 18.7 Å². The number of aryl methyl sites for hydroxylation is 1. The van der Waals surface area contributed by atoms with Gasteiger partial charge in [-0.25, -0.2) is 4.98 Å². The number of hydrogen-bond donors (Lipinski definition) is 0. The van der Waals surface area contributed by atoms with Crippen molar-refractivity contribution in [3.8, 4) is 11.3 Å². The van der Waals surface area contributed by atoms with Gasteiger partial charge in [0, 0.05) is 38.4 Å². The molecule has 0 aliphatic heterocycles. The van der Waals surface area contributed by atoms with Gasteiger partial charge in [-0.1, -0.05) is 30.3 Å². The maximum atomic E-state index is 12.2. The molecule has 1 aromatic heterocycles. The summed E-state index contributed by atoms with van der Waals surface area (Å²) in [6, 6.07) is 9.72. The number of rotatable bonds is 8. The van der Waals surface area contributed by atoms with Crippen LogP contribution >= 0.6 is 0 Å². The van der Waals surface area contributed by atoms with Crippen molar-refractivity contribution in [2.45, 2.75) is 52.1 Å². The third kappa shape index (κ3) is 7.25. The standard InChI is InChI=1S/C21H28N2O4/c1-21(2,3)27-20(25)11-8-14-23(4)19(24)13-12-18-22-15-17(26-18)16-9-6-5-7-10-16/h5-7,9-10,15H,8,11-14H2,1-4H3. The van der Waals surface area contributed by atoms with E-state index in [0.29, 0.717) is 43.9 Å².